The van der Waals surface area contributed by atoms with Gasteiger partial charge in [-0.25, -0.2) is 4.98 Å². The highest BCUT2D eigenvalue weighted by atomic mass is 35.5. The van der Waals surface area contributed by atoms with Gasteiger partial charge in [-0.3, -0.25) is 4.68 Å². The molecule has 1 saturated carbocycles. The molecule has 2 aromatic rings. The number of nitrogens with zero attached hydrogens (tertiary/aromatic N) is 4. The average Bonchev–Trinajstić information content (AvgIpc) is 3.05. The molecule has 1 aliphatic carbocycles. The van der Waals surface area contributed by atoms with Gasteiger partial charge in [0.2, 0.25) is 0 Å². The first-order valence-corrected chi connectivity index (χ1v) is 9.53. The SMILES string of the molecule is CCc1nn(C)c2c1nc(CCl)n2C1CCC(SC)CC1. The lowest BCUT2D eigenvalue weighted by Gasteiger charge is -2.29. The molecule has 0 radical (unpaired) electrons. The molecule has 4 nitrogen and oxygen atoms in total. The van der Waals surface area contributed by atoms with Crippen LogP contribution in [-0.2, 0) is 19.3 Å². The van der Waals surface area contributed by atoms with Gasteiger partial charge < -0.3 is 4.57 Å². The van der Waals surface area contributed by atoms with Crippen LogP contribution in [-0.4, -0.2) is 30.8 Å². The van der Waals surface area contributed by atoms with E-state index < -0.39 is 0 Å². The van der Waals surface area contributed by atoms with Gasteiger partial charge in [0, 0.05) is 18.3 Å². The van der Waals surface area contributed by atoms with Crippen molar-refractivity contribution in [3.05, 3.63) is 11.5 Å². The molecular weight excluding hydrogens is 304 g/mol. The fourth-order valence-corrected chi connectivity index (χ4v) is 4.44. The van der Waals surface area contributed by atoms with E-state index in [4.69, 9.17) is 16.6 Å². The first-order chi connectivity index (χ1) is 10.2. The van der Waals surface area contributed by atoms with Gasteiger partial charge in [0.25, 0.3) is 0 Å². The van der Waals surface area contributed by atoms with Crippen molar-refractivity contribution < 1.29 is 0 Å². The zero-order chi connectivity index (χ0) is 15.0. The Morgan fingerprint density at radius 3 is 2.57 bits per heavy atom. The second-order valence-electron chi connectivity index (χ2n) is 5.79. The Kier molecular flexibility index (Phi) is 4.50. The number of aryl methyl sites for hydroxylation is 2. The normalized spacial score (nSPS) is 23.0. The summed E-state index contributed by atoms with van der Waals surface area (Å²) in [5.74, 6) is 1.47. The molecule has 0 bridgehead atoms. The molecule has 0 N–H and O–H groups in total. The molecule has 0 aliphatic heterocycles. The third-order valence-electron chi connectivity index (χ3n) is 4.61. The van der Waals surface area contributed by atoms with Gasteiger partial charge in [-0.15, -0.1) is 11.6 Å². The highest BCUT2D eigenvalue weighted by molar-refractivity contribution is 7.99. The van der Waals surface area contributed by atoms with E-state index in [0.717, 1.165) is 34.4 Å². The van der Waals surface area contributed by atoms with Crippen LogP contribution in [0.2, 0.25) is 0 Å². The van der Waals surface area contributed by atoms with Crippen molar-refractivity contribution in [2.45, 2.75) is 56.2 Å². The summed E-state index contributed by atoms with van der Waals surface area (Å²) in [6.07, 6.45) is 8.13. The van der Waals surface area contributed by atoms with Crippen LogP contribution in [0.4, 0.5) is 0 Å². The van der Waals surface area contributed by atoms with Crippen LogP contribution in [0, 0.1) is 0 Å². The van der Waals surface area contributed by atoms with E-state index in [1.54, 1.807) is 0 Å². The Morgan fingerprint density at radius 2 is 2.00 bits per heavy atom. The van der Waals surface area contributed by atoms with Gasteiger partial charge in [-0.05, 0) is 38.4 Å². The third-order valence-corrected chi connectivity index (χ3v) is 5.98. The monoisotopic (exact) mass is 326 g/mol. The van der Waals surface area contributed by atoms with Crippen molar-refractivity contribution in [3.8, 4) is 0 Å². The quantitative estimate of drug-likeness (QED) is 0.799. The first kappa shape index (κ1) is 15.2. The predicted molar refractivity (Wildman–Crippen MR) is 90.2 cm³/mol. The summed E-state index contributed by atoms with van der Waals surface area (Å²) < 4.78 is 4.35. The van der Waals surface area contributed by atoms with Crippen molar-refractivity contribution in [2.75, 3.05) is 6.26 Å². The molecule has 0 unspecified atom stereocenters. The van der Waals surface area contributed by atoms with Crippen molar-refractivity contribution in [1.82, 2.24) is 19.3 Å². The second kappa shape index (κ2) is 6.21. The smallest absolute Gasteiger partial charge is 0.158 e. The fraction of sp³-hybridized carbons (Fsp3) is 0.733. The van der Waals surface area contributed by atoms with Crippen LogP contribution in [0.25, 0.3) is 11.2 Å². The Labute approximate surface area is 135 Å². The van der Waals surface area contributed by atoms with E-state index in [9.17, 15) is 0 Å². The molecule has 0 saturated heterocycles. The van der Waals surface area contributed by atoms with E-state index in [0.29, 0.717) is 11.9 Å². The maximum Gasteiger partial charge on any atom is 0.158 e. The summed E-state index contributed by atoms with van der Waals surface area (Å²) in [6.45, 7) is 2.13. The minimum Gasteiger partial charge on any atom is -0.309 e. The van der Waals surface area contributed by atoms with Gasteiger partial charge in [-0.2, -0.15) is 16.9 Å². The number of rotatable bonds is 4. The number of thioether (sulfide) groups is 1. The number of alkyl halides is 1. The van der Waals surface area contributed by atoms with Crippen molar-refractivity contribution in [3.63, 3.8) is 0 Å². The minimum atomic E-state index is 0.473. The number of imidazole rings is 1. The summed E-state index contributed by atoms with van der Waals surface area (Å²) >= 11 is 8.17. The lowest BCUT2D eigenvalue weighted by Crippen LogP contribution is -2.21. The zero-order valence-corrected chi connectivity index (χ0v) is 14.5. The molecule has 0 atom stereocenters. The Balaban J connectivity index is 2.02. The number of fused-ring (bicyclic) bond motifs is 1. The van der Waals surface area contributed by atoms with E-state index >= 15 is 0 Å². The number of hydrogen-bond donors (Lipinski definition) is 0. The predicted octanol–water partition coefficient (Wildman–Crippen LogP) is 3.92. The average molecular weight is 327 g/mol. The lowest BCUT2D eigenvalue weighted by atomic mass is 9.94. The van der Waals surface area contributed by atoms with Crippen molar-refractivity contribution in [1.29, 1.82) is 0 Å². The van der Waals surface area contributed by atoms with Gasteiger partial charge in [0.1, 0.15) is 11.3 Å². The van der Waals surface area contributed by atoms with Crippen LogP contribution in [0.1, 0.15) is 50.2 Å². The molecule has 1 aliphatic rings. The van der Waals surface area contributed by atoms with E-state index in [1.165, 1.54) is 25.7 Å². The maximum atomic E-state index is 6.17. The Bertz CT molecular complexity index is 625. The maximum absolute atomic E-state index is 6.17. The second-order valence-corrected chi connectivity index (χ2v) is 7.20. The molecule has 0 amide bonds. The molecule has 3 rings (SSSR count). The number of halogens is 1. The van der Waals surface area contributed by atoms with Gasteiger partial charge in [0.05, 0.1) is 11.6 Å². The van der Waals surface area contributed by atoms with E-state index in [2.05, 4.69) is 22.8 Å². The molecule has 116 valence electrons. The van der Waals surface area contributed by atoms with Gasteiger partial charge >= 0.3 is 0 Å². The van der Waals surface area contributed by atoms with Gasteiger partial charge in [0.15, 0.2) is 5.65 Å². The Hall–Kier alpha value is -0.680. The summed E-state index contributed by atoms with van der Waals surface area (Å²) in [5, 5.41) is 5.43. The highest BCUT2D eigenvalue weighted by Crippen LogP contribution is 2.36. The largest absolute Gasteiger partial charge is 0.309 e. The topological polar surface area (TPSA) is 35.6 Å². The van der Waals surface area contributed by atoms with Crippen molar-refractivity contribution in [2.24, 2.45) is 7.05 Å². The van der Waals surface area contributed by atoms with Crippen LogP contribution >= 0.6 is 23.4 Å². The van der Waals surface area contributed by atoms with Crippen LogP contribution < -0.4 is 0 Å². The number of hydrogen-bond acceptors (Lipinski definition) is 3. The lowest BCUT2D eigenvalue weighted by molar-refractivity contribution is 0.357. The molecule has 21 heavy (non-hydrogen) atoms. The Morgan fingerprint density at radius 1 is 1.29 bits per heavy atom. The molecule has 1 fully saturated rings. The first-order valence-electron chi connectivity index (χ1n) is 7.71. The molecule has 2 aromatic heterocycles. The van der Waals surface area contributed by atoms with E-state index in [-0.39, 0.29) is 0 Å². The standard InChI is InChI=1S/C15H23ClN4S/c1-4-12-14-15(19(2)18-12)20(13(9-16)17-14)10-5-7-11(21-3)8-6-10/h10-11H,4-9H2,1-3H3. The van der Waals surface area contributed by atoms with E-state index in [1.807, 2.05) is 23.5 Å². The third kappa shape index (κ3) is 2.59. The summed E-state index contributed by atoms with van der Waals surface area (Å²) in [5.41, 5.74) is 3.27. The molecule has 0 spiro atoms. The molecular formula is C15H23ClN4S. The van der Waals surface area contributed by atoms with Crippen LogP contribution in [0.15, 0.2) is 0 Å². The number of aromatic nitrogens is 4. The highest BCUT2D eigenvalue weighted by Gasteiger charge is 2.27. The van der Waals surface area contributed by atoms with Crippen LogP contribution in [0.3, 0.4) is 0 Å². The summed E-state index contributed by atoms with van der Waals surface area (Å²) in [4.78, 5) is 4.78. The van der Waals surface area contributed by atoms with Gasteiger partial charge in [-0.1, -0.05) is 6.92 Å². The summed E-state index contributed by atoms with van der Waals surface area (Å²) in [7, 11) is 2.02. The molecule has 0 aromatic carbocycles. The molecule has 6 heteroatoms. The van der Waals surface area contributed by atoms with Crippen LogP contribution in [0.5, 0.6) is 0 Å². The zero-order valence-electron chi connectivity index (χ0n) is 13.0. The summed E-state index contributed by atoms with van der Waals surface area (Å²) in [6, 6.07) is 0.521. The fourth-order valence-electron chi connectivity index (χ4n) is 3.50. The minimum absolute atomic E-state index is 0.473. The van der Waals surface area contributed by atoms with Crippen molar-refractivity contribution >= 4 is 34.5 Å². The molecule has 2 heterocycles.